The third-order valence-electron chi connectivity index (χ3n) is 3.10. The Morgan fingerprint density at radius 2 is 2.05 bits per heavy atom. The second kappa shape index (κ2) is 5.21. The summed E-state index contributed by atoms with van der Waals surface area (Å²) in [6.07, 6.45) is 0.605. The van der Waals surface area contributed by atoms with Crippen molar-refractivity contribution >= 4 is 22.8 Å². The minimum absolute atomic E-state index is 0.283. The molecule has 3 rings (SSSR count). The maximum atomic E-state index is 13.5. The average Bonchev–Trinajstić information content (AvgIpc) is 2.76. The van der Waals surface area contributed by atoms with Gasteiger partial charge in [0.15, 0.2) is 5.65 Å². The number of fused-ring (bicyclic) bond motifs is 1. The minimum Gasteiger partial charge on any atom is -0.281 e. The predicted octanol–water partition coefficient (Wildman–Crippen LogP) is 3.65. The molecule has 0 amide bonds. The lowest BCUT2D eigenvalue weighted by atomic mass is 10.3. The highest BCUT2D eigenvalue weighted by Crippen LogP contribution is 2.21. The summed E-state index contributed by atoms with van der Waals surface area (Å²) >= 11 is 5.84. The molecule has 5 heteroatoms. The van der Waals surface area contributed by atoms with E-state index in [1.165, 1.54) is 12.1 Å². The van der Waals surface area contributed by atoms with Gasteiger partial charge in [0.05, 0.1) is 5.69 Å². The summed E-state index contributed by atoms with van der Waals surface area (Å²) in [5, 5.41) is 0. The van der Waals surface area contributed by atoms with E-state index >= 15 is 0 Å². The van der Waals surface area contributed by atoms with Crippen LogP contribution in [0.25, 0.3) is 16.9 Å². The van der Waals surface area contributed by atoms with Crippen LogP contribution in [0.5, 0.6) is 0 Å². The number of hydrogen-bond acceptors (Lipinski definition) is 2. The van der Waals surface area contributed by atoms with Crippen LogP contribution >= 0.6 is 11.6 Å². The van der Waals surface area contributed by atoms with E-state index in [0.29, 0.717) is 18.0 Å². The van der Waals surface area contributed by atoms with Gasteiger partial charge >= 0.3 is 0 Å². The highest BCUT2D eigenvalue weighted by molar-refractivity contribution is 6.17. The lowest BCUT2D eigenvalue weighted by molar-refractivity contribution is 0.626. The number of benzene rings is 1. The van der Waals surface area contributed by atoms with Crippen LogP contribution in [-0.2, 0) is 6.42 Å². The van der Waals surface area contributed by atoms with Crippen LogP contribution in [0.3, 0.4) is 0 Å². The van der Waals surface area contributed by atoms with Crippen molar-refractivity contribution in [2.75, 3.05) is 5.88 Å². The first-order valence-corrected chi connectivity index (χ1v) is 6.89. The Labute approximate surface area is 121 Å². The summed E-state index contributed by atoms with van der Waals surface area (Å²) in [6.45, 7) is 1.92. The second-order valence-electron chi connectivity index (χ2n) is 4.58. The van der Waals surface area contributed by atoms with E-state index in [4.69, 9.17) is 11.6 Å². The maximum Gasteiger partial charge on any atom is 0.164 e. The van der Waals surface area contributed by atoms with Crippen LogP contribution in [0, 0.1) is 12.7 Å². The molecule has 20 heavy (non-hydrogen) atoms. The molecular weight excluding hydrogens is 277 g/mol. The number of aryl methyl sites for hydroxylation is 2. The molecule has 3 aromatic rings. The molecule has 0 bridgehead atoms. The van der Waals surface area contributed by atoms with E-state index in [1.54, 1.807) is 6.07 Å². The molecule has 0 aliphatic rings. The molecule has 0 fully saturated rings. The number of hydrogen-bond donors (Lipinski definition) is 0. The molecule has 3 nitrogen and oxygen atoms in total. The van der Waals surface area contributed by atoms with Gasteiger partial charge in [-0.25, -0.2) is 14.4 Å². The molecule has 0 saturated heterocycles. The summed E-state index contributed by atoms with van der Waals surface area (Å²) in [7, 11) is 0. The first-order chi connectivity index (χ1) is 9.69. The van der Waals surface area contributed by atoms with Gasteiger partial charge in [-0.1, -0.05) is 6.07 Å². The number of rotatable bonds is 3. The molecule has 0 aliphatic carbocycles. The van der Waals surface area contributed by atoms with E-state index < -0.39 is 0 Å². The molecule has 2 aromatic heterocycles. The topological polar surface area (TPSA) is 30.7 Å². The fourth-order valence-corrected chi connectivity index (χ4v) is 2.41. The molecule has 102 valence electrons. The molecular formula is C15H13ClFN3. The lowest BCUT2D eigenvalue weighted by Gasteiger charge is -2.08. The zero-order valence-electron chi connectivity index (χ0n) is 11.0. The van der Waals surface area contributed by atoms with Crippen molar-refractivity contribution in [3.8, 4) is 5.69 Å². The van der Waals surface area contributed by atoms with Crippen molar-refractivity contribution in [2.45, 2.75) is 13.3 Å². The van der Waals surface area contributed by atoms with Crippen molar-refractivity contribution in [2.24, 2.45) is 0 Å². The monoisotopic (exact) mass is 289 g/mol. The van der Waals surface area contributed by atoms with E-state index in [0.717, 1.165) is 22.7 Å². The summed E-state index contributed by atoms with van der Waals surface area (Å²) in [6, 6.07) is 10.2. The normalized spacial score (nSPS) is 11.2. The summed E-state index contributed by atoms with van der Waals surface area (Å²) < 4.78 is 15.3. The fourth-order valence-electron chi connectivity index (χ4n) is 2.24. The van der Waals surface area contributed by atoms with Gasteiger partial charge < -0.3 is 0 Å². The van der Waals surface area contributed by atoms with Crippen LogP contribution in [0.1, 0.15) is 11.5 Å². The van der Waals surface area contributed by atoms with Crippen LogP contribution in [0.15, 0.2) is 36.4 Å². The van der Waals surface area contributed by atoms with Crippen LogP contribution in [-0.4, -0.2) is 20.4 Å². The molecule has 2 heterocycles. The number of alkyl halides is 1. The van der Waals surface area contributed by atoms with Crippen molar-refractivity contribution < 1.29 is 4.39 Å². The molecule has 0 radical (unpaired) electrons. The first-order valence-electron chi connectivity index (χ1n) is 6.36. The number of aromatic nitrogens is 3. The van der Waals surface area contributed by atoms with Gasteiger partial charge in [0.2, 0.25) is 0 Å². The highest BCUT2D eigenvalue weighted by atomic mass is 35.5. The first kappa shape index (κ1) is 13.1. The van der Waals surface area contributed by atoms with E-state index in [1.807, 2.05) is 29.7 Å². The van der Waals surface area contributed by atoms with Gasteiger partial charge in [-0.3, -0.25) is 4.57 Å². The molecule has 0 unspecified atom stereocenters. The Balaban J connectivity index is 2.30. The Morgan fingerprint density at radius 1 is 1.20 bits per heavy atom. The standard InChI is InChI=1S/C15H13ClFN3/c1-10-5-6-13-15(18-10)20(14(19-13)7-8-16)12-4-2-3-11(17)9-12/h2-6,9H,7-8H2,1H3. The predicted molar refractivity (Wildman–Crippen MR) is 78.0 cm³/mol. The lowest BCUT2D eigenvalue weighted by Crippen LogP contribution is -2.03. The molecule has 0 saturated carbocycles. The number of pyridine rings is 1. The van der Waals surface area contributed by atoms with Gasteiger partial charge in [0.25, 0.3) is 0 Å². The minimum atomic E-state index is -0.283. The number of imidazole rings is 1. The van der Waals surface area contributed by atoms with Crippen molar-refractivity contribution in [3.05, 3.63) is 53.7 Å². The average molecular weight is 290 g/mol. The maximum absolute atomic E-state index is 13.5. The number of nitrogens with zero attached hydrogens (tertiary/aromatic N) is 3. The van der Waals surface area contributed by atoms with Crippen molar-refractivity contribution in [1.82, 2.24) is 14.5 Å². The van der Waals surface area contributed by atoms with Crippen LogP contribution < -0.4 is 0 Å². The van der Waals surface area contributed by atoms with Crippen LogP contribution in [0.4, 0.5) is 4.39 Å². The molecule has 0 N–H and O–H groups in total. The summed E-state index contributed by atoms with van der Waals surface area (Å²) in [4.78, 5) is 9.06. The molecule has 1 aromatic carbocycles. The SMILES string of the molecule is Cc1ccc2nc(CCCl)n(-c3cccc(F)c3)c2n1. The van der Waals surface area contributed by atoms with Gasteiger partial charge in [-0.15, -0.1) is 11.6 Å². The third kappa shape index (κ3) is 2.27. The Bertz CT molecular complexity index is 767. The van der Waals surface area contributed by atoms with Gasteiger partial charge in [0.1, 0.15) is 17.2 Å². The quantitative estimate of drug-likeness (QED) is 0.689. The molecule has 0 atom stereocenters. The summed E-state index contributed by atoms with van der Waals surface area (Å²) in [5.41, 5.74) is 3.13. The third-order valence-corrected chi connectivity index (χ3v) is 3.29. The molecule has 0 aliphatic heterocycles. The van der Waals surface area contributed by atoms with E-state index in [-0.39, 0.29) is 5.82 Å². The van der Waals surface area contributed by atoms with Crippen molar-refractivity contribution in [1.29, 1.82) is 0 Å². The zero-order chi connectivity index (χ0) is 14.1. The molecule has 0 spiro atoms. The van der Waals surface area contributed by atoms with E-state index in [9.17, 15) is 4.39 Å². The van der Waals surface area contributed by atoms with Gasteiger partial charge in [-0.05, 0) is 37.3 Å². The van der Waals surface area contributed by atoms with E-state index in [2.05, 4.69) is 9.97 Å². The van der Waals surface area contributed by atoms with Gasteiger partial charge in [-0.2, -0.15) is 0 Å². The van der Waals surface area contributed by atoms with Crippen molar-refractivity contribution in [3.63, 3.8) is 0 Å². The zero-order valence-corrected chi connectivity index (χ0v) is 11.7. The van der Waals surface area contributed by atoms with Crippen LogP contribution in [0.2, 0.25) is 0 Å². The Kier molecular flexibility index (Phi) is 3.40. The summed E-state index contributed by atoms with van der Waals surface area (Å²) in [5.74, 6) is 0.963. The Hall–Kier alpha value is -1.94. The number of halogens is 2. The highest BCUT2D eigenvalue weighted by Gasteiger charge is 2.13. The van der Waals surface area contributed by atoms with Gasteiger partial charge in [0, 0.05) is 18.0 Å². The fraction of sp³-hybridized carbons (Fsp3) is 0.200. The largest absolute Gasteiger partial charge is 0.281 e. The second-order valence-corrected chi connectivity index (χ2v) is 4.96. The smallest absolute Gasteiger partial charge is 0.164 e. The Morgan fingerprint density at radius 3 is 2.80 bits per heavy atom.